The molecule has 9 aromatic carbocycles. The van der Waals surface area contributed by atoms with Crippen molar-refractivity contribution >= 4 is 69.1 Å². The molecule has 0 nitrogen and oxygen atoms in total. The minimum Gasteiger partial charge on any atom is -0.0622 e. The van der Waals surface area contributed by atoms with Crippen molar-refractivity contribution in [3.8, 4) is 0 Å². The Morgan fingerprint density at radius 3 is 0.862 bits per heavy atom. The maximum absolute atomic E-state index is 2.29. The smallest absolute Gasteiger partial charge is 0.0105 e. The van der Waals surface area contributed by atoms with Crippen LogP contribution in [0.5, 0.6) is 0 Å². The summed E-state index contributed by atoms with van der Waals surface area (Å²) < 4.78 is 0. The summed E-state index contributed by atoms with van der Waals surface area (Å²) >= 11 is 0. The zero-order chi connectivity index (χ0) is 38.9. The number of hydrogen-bond acceptors (Lipinski definition) is 0. The van der Waals surface area contributed by atoms with Crippen molar-refractivity contribution in [2.45, 2.75) is 0 Å². The zero-order valence-corrected chi connectivity index (χ0v) is 32.2. The fourth-order valence-electron chi connectivity index (χ4n) is 7.46. The van der Waals surface area contributed by atoms with E-state index in [4.69, 9.17) is 0 Å². The number of benzene rings is 9. The summed E-state index contributed by atoms with van der Waals surface area (Å²) in [5.41, 5.74) is 14.3. The Morgan fingerprint density at radius 2 is 0.517 bits per heavy atom. The van der Waals surface area contributed by atoms with Crippen LogP contribution in [-0.4, -0.2) is 0 Å². The lowest BCUT2D eigenvalue weighted by molar-refractivity contribution is 1.56. The van der Waals surface area contributed by atoms with Crippen LogP contribution in [0.4, 0.5) is 0 Å². The second-order valence-corrected chi connectivity index (χ2v) is 14.6. The minimum absolute atomic E-state index is 1.17. The fraction of sp³-hybridized carbons (Fsp3) is 0. The summed E-state index contributed by atoms with van der Waals surface area (Å²) in [5.74, 6) is 0. The quantitative estimate of drug-likeness (QED) is 0.123. The molecule has 274 valence electrons. The predicted molar refractivity (Wildman–Crippen MR) is 252 cm³/mol. The second-order valence-electron chi connectivity index (χ2n) is 14.6. The van der Waals surface area contributed by atoms with Gasteiger partial charge in [-0.05, 0) is 113 Å². The van der Waals surface area contributed by atoms with E-state index in [1.165, 1.54) is 88.3 Å². The molecule has 9 rings (SSSR count). The van der Waals surface area contributed by atoms with E-state index < -0.39 is 0 Å². The molecule has 0 atom stereocenters. The van der Waals surface area contributed by atoms with Crippen LogP contribution in [0, 0.1) is 0 Å². The highest BCUT2D eigenvalue weighted by atomic mass is 14.1. The van der Waals surface area contributed by atoms with E-state index in [-0.39, 0.29) is 0 Å². The van der Waals surface area contributed by atoms with Gasteiger partial charge in [-0.3, -0.25) is 0 Å². The third kappa shape index (κ3) is 8.63. The van der Waals surface area contributed by atoms with E-state index >= 15 is 0 Å². The molecule has 0 unspecified atom stereocenters. The van der Waals surface area contributed by atoms with Gasteiger partial charge in [0.2, 0.25) is 0 Å². The third-order valence-electron chi connectivity index (χ3n) is 10.7. The first-order chi connectivity index (χ1) is 28.7. The van der Waals surface area contributed by atoms with Crippen LogP contribution < -0.4 is 0 Å². The van der Waals surface area contributed by atoms with Crippen molar-refractivity contribution in [1.82, 2.24) is 0 Å². The van der Waals surface area contributed by atoms with E-state index in [2.05, 4.69) is 255 Å². The maximum atomic E-state index is 2.29. The van der Waals surface area contributed by atoms with Gasteiger partial charge in [0.15, 0.2) is 0 Å². The van der Waals surface area contributed by atoms with E-state index in [0.717, 1.165) is 0 Å². The summed E-state index contributed by atoms with van der Waals surface area (Å²) in [5, 5.41) is 5.00. The molecule has 0 spiro atoms. The van der Waals surface area contributed by atoms with Gasteiger partial charge in [-0.25, -0.2) is 0 Å². The summed E-state index contributed by atoms with van der Waals surface area (Å²) in [6.07, 6.45) is 13.3. The SMILES string of the molecule is C(=C\c1ccc(/C=C(\c2ccccc2)c2ccc3ccccc3c2)cc1)/c1ccc(/C=C/c2ccc(/C=C(\c3ccccc3)c3ccc4ccccc4c3)cc2)cc1. The van der Waals surface area contributed by atoms with Gasteiger partial charge in [-0.2, -0.15) is 0 Å². The van der Waals surface area contributed by atoms with Gasteiger partial charge in [-0.15, -0.1) is 0 Å². The van der Waals surface area contributed by atoms with E-state index in [1.807, 2.05) is 0 Å². The van der Waals surface area contributed by atoms with Crippen molar-refractivity contribution in [3.63, 3.8) is 0 Å². The summed E-state index contributed by atoms with van der Waals surface area (Å²) in [6.45, 7) is 0. The zero-order valence-electron chi connectivity index (χ0n) is 32.2. The first-order valence-corrected chi connectivity index (χ1v) is 19.9. The van der Waals surface area contributed by atoms with Crippen molar-refractivity contribution in [1.29, 1.82) is 0 Å². The first kappa shape index (κ1) is 36.1. The molecule has 0 aliphatic carbocycles. The Labute approximate surface area is 341 Å². The minimum atomic E-state index is 1.17. The van der Waals surface area contributed by atoms with Crippen LogP contribution in [0.3, 0.4) is 0 Å². The molecular weight excluding hydrogens is 697 g/mol. The Bertz CT molecular complexity index is 2720. The Morgan fingerprint density at radius 1 is 0.224 bits per heavy atom. The molecule has 0 saturated heterocycles. The van der Waals surface area contributed by atoms with Gasteiger partial charge in [0.05, 0.1) is 0 Å². The molecule has 0 amide bonds. The molecule has 0 fully saturated rings. The van der Waals surface area contributed by atoms with Gasteiger partial charge in [-0.1, -0.05) is 231 Å². The lowest BCUT2D eigenvalue weighted by atomic mass is 9.93. The second kappa shape index (κ2) is 17.1. The topological polar surface area (TPSA) is 0 Å². The molecule has 58 heavy (non-hydrogen) atoms. The Balaban J connectivity index is 0.869. The molecular formula is C58H42. The normalized spacial score (nSPS) is 12.2. The van der Waals surface area contributed by atoms with Gasteiger partial charge < -0.3 is 0 Å². The summed E-state index contributed by atoms with van der Waals surface area (Å²) in [4.78, 5) is 0. The molecule has 0 saturated carbocycles. The molecule has 0 bridgehead atoms. The van der Waals surface area contributed by atoms with Crippen molar-refractivity contribution in [2.75, 3.05) is 0 Å². The van der Waals surface area contributed by atoms with Gasteiger partial charge >= 0.3 is 0 Å². The number of fused-ring (bicyclic) bond motifs is 2. The third-order valence-corrected chi connectivity index (χ3v) is 10.7. The van der Waals surface area contributed by atoms with Crippen LogP contribution in [-0.2, 0) is 0 Å². The maximum Gasteiger partial charge on any atom is -0.0105 e. The van der Waals surface area contributed by atoms with Crippen LogP contribution in [0.1, 0.15) is 55.6 Å². The molecule has 0 N–H and O–H groups in total. The number of rotatable bonds is 10. The standard InChI is InChI=1S/C58H42/c1-3-13-51(14-4-1)57(55-37-35-49-11-7-9-17-53(49)41-55)39-47-31-27-45(28-32-47)25-23-43-19-21-44(22-20-43)24-26-46-29-33-48(34-30-46)40-58(52-15-5-2-6-16-52)56-38-36-50-12-8-10-18-54(50)42-56/h1-42H/b25-23+,26-24+,57-39+,58-40+. The van der Waals surface area contributed by atoms with E-state index in [9.17, 15) is 0 Å². The van der Waals surface area contributed by atoms with E-state index in [1.54, 1.807) is 0 Å². The van der Waals surface area contributed by atoms with Crippen molar-refractivity contribution in [2.24, 2.45) is 0 Å². The molecule has 0 aliphatic heterocycles. The highest BCUT2D eigenvalue weighted by Gasteiger charge is 2.08. The molecule has 0 aromatic heterocycles. The van der Waals surface area contributed by atoms with E-state index in [0.29, 0.717) is 0 Å². The van der Waals surface area contributed by atoms with Crippen LogP contribution in [0.2, 0.25) is 0 Å². The predicted octanol–water partition coefficient (Wildman–Crippen LogP) is 15.5. The lowest BCUT2D eigenvalue weighted by Crippen LogP contribution is -1.89. The molecule has 0 radical (unpaired) electrons. The van der Waals surface area contributed by atoms with Gasteiger partial charge in [0.25, 0.3) is 0 Å². The average Bonchev–Trinajstić information content (AvgIpc) is 3.30. The lowest BCUT2D eigenvalue weighted by Gasteiger charge is -2.11. The van der Waals surface area contributed by atoms with Crippen molar-refractivity contribution < 1.29 is 0 Å². The average molecular weight is 739 g/mol. The summed E-state index contributed by atoms with van der Waals surface area (Å²) in [7, 11) is 0. The van der Waals surface area contributed by atoms with Crippen LogP contribution >= 0.6 is 0 Å². The monoisotopic (exact) mass is 738 g/mol. The Hall–Kier alpha value is -7.54. The Kier molecular flexibility index (Phi) is 10.6. The molecule has 0 aliphatic rings. The largest absolute Gasteiger partial charge is 0.0622 e. The molecule has 0 heteroatoms. The fourth-order valence-corrected chi connectivity index (χ4v) is 7.46. The van der Waals surface area contributed by atoms with Crippen LogP contribution in [0.25, 0.3) is 69.1 Å². The highest BCUT2D eigenvalue weighted by molar-refractivity contribution is 5.97. The highest BCUT2D eigenvalue weighted by Crippen LogP contribution is 2.31. The number of hydrogen-bond donors (Lipinski definition) is 0. The van der Waals surface area contributed by atoms with Crippen LogP contribution in [0.15, 0.2) is 218 Å². The summed E-state index contributed by atoms with van der Waals surface area (Å²) in [6, 6.07) is 78.1. The first-order valence-electron chi connectivity index (χ1n) is 19.9. The van der Waals surface area contributed by atoms with Gasteiger partial charge in [0.1, 0.15) is 0 Å². The molecule has 9 aromatic rings. The molecule has 0 heterocycles. The van der Waals surface area contributed by atoms with Crippen molar-refractivity contribution in [3.05, 3.63) is 274 Å². The van der Waals surface area contributed by atoms with Gasteiger partial charge in [0, 0.05) is 0 Å².